The van der Waals surface area contributed by atoms with E-state index in [1.54, 1.807) is 0 Å². The Morgan fingerprint density at radius 1 is 0.322 bits per heavy atom. The molecule has 0 fully saturated rings. The number of para-hydroxylation sites is 2. The van der Waals surface area contributed by atoms with Gasteiger partial charge in [-0.05, 0) is 104 Å². The Morgan fingerprint density at radius 3 is 1.46 bits per heavy atom. The second-order valence-corrected chi connectivity index (χ2v) is 15.0. The molecule has 3 heteroatoms. The van der Waals surface area contributed by atoms with Crippen LogP contribution in [0.25, 0.3) is 106 Å². The van der Waals surface area contributed by atoms with E-state index in [-0.39, 0.29) is 0 Å². The second kappa shape index (κ2) is 14.6. The summed E-state index contributed by atoms with van der Waals surface area (Å²) in [5, 5.41) is 3.42. The number of fused-ring (bicyclic) bond motifs is 4. The molecule has 0 N–H and O–H groups in total. The standard InChI is InChI=1S/C56H37N3/c1-4-17-38(18-5-1)45-35-46(39-19-6-2-7-20-39)37-47(36-45)43-25-14-23-41(33-43)42-24-15-26-44(34-42)56-57-53(50-31-16-22-40-21-10-11-29-49(40)50)55-54(58-56)51-30-12-13-32-52(51)59(55)48-27-8-3-9-28-48/h1-37H. The topological polar surface area (TPSA) is 30.7 Å². The summed E-state index contributed by atoms with van der Waals surface area (Å²) in [6, 6.07) is 79.9. The maximum absolute atomic E-state index is 5.52. The van der Waals surface area contributed by atoms with Crippen molar-refractivity contribution < 1.29 is 0 Å². The van der Waals surface area contributed by atoms with Crippen molar-refractivity contribution in [3.63, 3.8) is 0 Å². The first kappa shape index (κ1) is 34.4. The van der Waals surface area contributed by atoms with Crippen LogP contribution in [0.3, 0.4) is 0 Å². The molecule has 0 aliphatic carbocycles. The minimum absolute atomic E-state index is 0.692. The molecule has 0 aliphatic rings. The molecule has 11 rings (SSSR count). The molecule has 0 radical (unpaired) electrons. The zero-order chi connectivity index (χ0) is 39.1. The van der Waals surface area contributed by atoms with E-state index in [1.807, 2.05) is 0 Å². The lowest BCUT2D eigenvalue weighted by Gasteiger charge is -2.14. The van der Waals surface area contributed by atoms with Crippen LogP contribution in [0.2, 0.25) is 0 Å². The van der Waals surface area contributed by atoms with E-state index < -0.39 is 0 Å². The summed E-state index contributed by atoms with van der Waals surface area (Å²) >= 11 is 0. The van der Waals surface area contributed by atoms with E-state index >= 15 is 0 Å². The fourth-order valence-electron chi connectivity index (χ4n) is 8.54. The van der Waals surface area contributed by atoms with Crippen LogP contribution in [0.5, 0.6) is 0 Å². The van der Waals surface area contributed by atoms with Crippen molar-refractivity contribution in [1.29, 1.82) is 0 Å². The number of hydrogen-bond acceptors (Lipinski definition) is 2. The molecular weight excluding hydrogens is 715 g/mol. The first-order valence-corrected chi connectivity index (χ1v) is 20.1. The van der Waals surface area contributed by atoms with Crippen LogP contribution in [-0.4, -0.2) is 14.5 Å². The first-order valence-electron chi connectivity index (χ1n) is 20.1. The summed E-state index contributed by atoms with van der Waals surface area (Å²) in [7, 11) is 0. The van der Waals surface area contributed by atoms with Gasteiger partial charge in [-0.15, -0.1) is 0 Å². The third-order valence-electron chi connectivity index (χ3n) is 11.4. The Labute approximate surface area is 343 Å². The van der Waals surface area contributed by atoms with Gasteiger partial charge in [0.1, 0.15) is 5.52 Å². The fraction of sp³-hybridized carbons (Fsp3) is 0. The van der Waals surface area contributed by atoms with Gasteiger partial charge < -0.3 is 4.57 Å². The predicted octanol–water partition coefficient (Wildman–Crippen LogP) is 14.7. The Hall–Kier alpha value is -7.88. The Balaban J connectivity index is 1.08. The van der Waals surface area contributed by atoms with E-state index in [4.69, 9.17) is 9.97 Å². The van der Waals surface area contributed by atoms with Crippen molar-refractivity contribution in [2.45, 2.75) is 0 Å². The molecule has 0 atom stereocenters. The molecule has 276 valence electrons. The Bertz CT molecular complexity index is 3250. The molecule has 9 aromatic carbocycles. The molecule has 2 heterocycles. The zero-order valence-corrected chi connectivity index (χ0v) is 32.2. The average molecular weight is 752 g/mol. The Kier molecular flexibility index (Phi) is 8.49. The van der Waals surface area contributed by atoms with Crippen molar-refractivity contribution in [2.24, 2.45) is 0 Å². The average Bonchev–Trinajstić information content (AvgIpc) is 3.66. The predicted molar refractivity (Wildman–Crippen MR) is 246 cm³/mol. The van der Waals surface area contributed by atoms with E-state index in [0.29, 0.717) is 5.82 Å². The second-order valence-electron chi connectivity index (χ2n) is 15.0. The van der Waals surface area contributed by atoms with E-state index in [1.165, 1.54) is 33.2 Å². The third-order valence-corrected chi connectivity index (χ3v) is 11.4. The van der Waals surface area contributed by atoms with Crippen LogP contribution in [0.4, 0.5) is 0 Å². The zero-order valence-electron chi connectivity index (χ0n) is 32.2. The lowest BCUT2D eigenvalue weighted by Crippen LogP contribution is -2.00. The van der Waals surface area contributed by atoms with Crippen molar-refractivity contribution in [1.82, 2.24) is 14.5 Å². The molecule has 3 nitrogen and oxygen atoms in total. The largest absolute Gasteiger partial charge is 0.306 e. The first-order chi connectivity index (χ1) is 29.2. The molecule has 0 spiro atoms. The number of benzene rings is 9. The molecule has 2 aromatic heterocycles. The summed E-state index contributed by atoms with van der Waals surface area (Å²) in [5.74, 6) is 0.692. The van der Waals surface area contributed by atoms with E-state index in [9.17, 15) is 0 Å². The van der Waals surface area contributed by atoms with Gasteiger partial charge in [-0.2, -0.15) is 0 Å². The highest BCUT2D eigenvalue weighted by Gasteiger charge is 2.22. The van der Waals surface area contributed by atoms with Crippen molar-refractivity contribution >= 4 is 32.7 Å². The van der Waals surface area contributed by atoms with Gasteiger partial charge in [-0.3, -0.25) is 0 Å². The molecule has 0 saturated carbocycles. The van der Waals surface area contributed by atoms with Crippen LogP contribution in [0.15, 0.2) is 224 Å². The molecule has 0 saturated heterocycles. The van der Waals surface area contributed by atoms with E-state index in [0.717, 1.165) is 66.5 Å². The molecule has 11 aromatic rings. The number of rotatable bonds is 7. The van der Waals surface area contributed by atoms with Gasteiger partial charge in [-0.1, -0.05) is 176 Å². The summed E-state index contributed by atoms with van der Waals surface area (Å²) in [5.41, 5.74) is 16.4. The van der Waals surface area contributed by atoms with Gasteiger partial charge in [0.05, 0.1) is 16.7 Å². The molecule has 59 heavy (non-hydrogen) atoms. The molecular formula is C56H37N3. The van der Waals surface area contributed by atoms with Gasteiger partial charge in [0, 0.05) is 22.2 Å². The molecule has 0 amide bonds. The summed E-state index contributed by atoms with van der Waals surface area (Å²) < 4.78 is 2.32. The number of nitrogens with zero attached hydrogens (tertiary/aromatic N) is 3. The fourth-order valence-corrected chi connectivity index (χ4v) is 8.54. The van der Waals surface area contributed by atoms with Crippen molar-refractivity contribution in [3.05, 3.63) is 224 Å². The van der Waals surface area contributed by atoms with Gasteiger partial charge in [0.25, 0.3) is 0 Å². The normalized spacial score (nSPS) is 11.4. The quantitative estimate of drug-likeness (QED) is 0.162. The van der Waals surface area contributed by atoms with Crippen LogP contribution in [0.1, 0.15) is 0 Å². The SMILES string of the molecule is c1ccc(-c2cc(-c3ccccc3)cc(-c3cccc(-c4cccc(-c5nc(-c6cccc7ccccc67)c6c(n5)c5ccccc5n6-c5ccccc5)c4)c3)c2)cc1. The summed E-state index contributed by atoms with van der Waals surface area (Å²) in [6.07, 6.45) is 0. The van der Waals surface area contributed by atoms with Crippen LogP contribution in [0, 0.1) is 0 Å². The maximum atomic E-state index is 5.52. The molecule has 0 aliphatic heterocycles. The third kappa shape index (κ3) is 6.26. The van der Waals surface area contributed by atoms with Gasteiger partial charge >= 0.3 is 0 Å². The van der Waals surface area contributed by atoms with Gasteiger partial charge in [0.15, 0.2) is 5.82 Å². The van der Waals surface area contributed by atoms with Crippen molar-refractivity contribution in [3.8, 4) is 72.8 Å². The van der Waals surface area contributed by atoms with Crippen molar-refractivity contribution in [2.75, 3.05) is 0 Å². The van der Waals surface area contributed by atoms with Crippen LogP contribution in [-0.2, 0) is 0 Å². The van der Waals surface area contributed by atoms with Crippen LogP contribution < -0.4 is 0 Å². The highest BCUT2D eigenvalue weighted by molar-refractivity contribution is 6.13. The number of hydrogen-bond donors (Lipinski definition) is 0. The lowest BCUT2D eigenvalue weighted by atomic mass is 9.92. The molecule has 0 bridgehead atoms. The summed E-state index contributed by atoms with van der Waals surface area (Å²) in [4.78, 5) is 10.9. The minimum atomic E-state index is 0.692. The van der Waals surface area contributed by atoms with Gasteiger partial charge in [-0.25, -0.2) is 9.97 Å². The van der Waals surface area contributed by atoms with Crippen LogP contribution >= 0.6 is 0 Å². The maximum Gasteiger partial charge on any atom is 0.160 e. The van der Waals surface area contributed by atoms with Gasteiger partial charge in [0.2, 0.25) is 0 Å². The lowest BCUT2D eigenvalue weighted by molar-refractivity contribution is 1.15. The highest BCUT2D eigenvalue weighted by atomic mass is 15.0. The monoisotopic (exact) mass is 751 g/mol. The Morgan fingerprint density at radius 2 is 0.780 bits per heavy atom. The smallest absolute Gasteiger partial charge is 0.160 e. The molecule has 0 unspecified atom stereocenters. The van der Waals surface area contributed by atoms with E-state index in [2.05, 4.69) is 229 Å². The number of aromatic nitrogens is 3. The highest BCUT2D eigenvalue weighted by Crippen LogP contribution is 2.41. The summed E-state index contributed by atoms with van der Waals surface area (Å²) in [6.45, 7) is 0. The minimum Gasteiger partial charge on any atom is -0.306 e.